The number of nitrogens with zero attached hydrogens (tertiary/aromatic N) is 2. The molecule has 0 aromatic carbocycles. The minimum absolute atomic E-state index is 0.00583. The fourth-order valence-corrected chi connectivity index (χ4v) is 4.55. The number of hydrogen-bond acceptors (Lipinski definition) is 4. The molecule has 1 saturated carbocycles. The molecule has 0 radical (unpaired) electrons. The van der Waals surface area contributed by atoms with Gasteiger partial charge in [-0.15, -0.1) is 0 Å². The van der Waals surface area contributed by atoms with Crippen LogP contribution in [0.2, 0.25) is 0 Å². The van der Waals surface area contributed by atoms with E-state index in [1.54, 1.807) is 13.1 Å². The molecule has 4 atom stereocenters. The molecule has 2 aliphatic rings. The Morgan fingerprint density at radius 2 is 2.11 bits per heavy atom. The molecule has 1 aromatic rings. The summed E-state index contributed by atoms with van der Waals surface area (Å²) in [5.74, 6) is 1.14. The molecule has 3 rings (SSSR count). The van der Waals surface area contributed by atoms with E-state index in [4.69, 9.17) is 0 Å². The SMILES string of the molecule is CCCC[C@H](N[C@H]1CC[C@@H]2CN(c3cccc(C(F)(F)F)n3)C[C@@H]21)C(=O)NC. The highest BCUT2D eigenvalue weighted by molar-refractivity contribution is 5.81. The van der Waals surface area contributed by atoms with Crippen LogP contribution in [0.4, 0.5) is 19.0 Å². The number of hydrogen-bond donors (Lipinski definition) is 2. The lowest BCUT2D eigenvalue weighted by atomic mass is 9.96. The van der Waals surface area contributed by atoms with E-state index >= 15 is 0 Å². The molecule has 28 heavy (non-hydrogen) atoms. The van der Waals surface area contributed by atoms with Gasteiger partial charge >= 0.3 is 6.18 Å². The van der Waals surface area contributed by atoms with Crippen molar-refractivity contribution in [3.63, 3.8) is 0 Å². The number of rotatable bonds is 7. The summed E-state index contributed by atoms with van der Waals surface area (Å²) in [6.07, 6.45) is 0.386. The molecule has 0 unspecified atom stereocenters. The molecule has 2 heterocycles. The first-order chi connectivity index (χ1) is 13.3. The fraction of sp³-hybridized carbons (Fsp3) is 0.700. The second-order valence-electron chi connectivity index (χ2n) is 7.87. The average molecular weight is 398 g/mol. The number of unbranched alkanes of at least 4 members (excludes halogenated alkanes) is 1. The summed E-state index contributed by atoms with van der Waals surface area (Å²) in [5.41, 5.74) is -0.851. The van der Waals surface area contributed by atoms with E-state index in [1.807, 2.05) is 4.90 Å². The van der Waals surface area contributed by atoms with E-state index in [2.05, 4.69) is 22.5 Å². The van der Waals surface area contributed by atoms with Crippen LogP contribution in [0.15, 0.2) is 18.2 Å². The molecule has 5 nitrogen and oxygen atoms in total. The Labute approximate surface area is 164 Å². The van der Waals surface area contributed by atoms with Crippen LogP contribution in [0, 0.1) is 11.8 Å². The minimum atomic E-state index is -4.43. The highest BCUT2D eigenvalue weighted by Gasteiger charge is 2.44. The van der Waals surface area contributed by atoms with Gasteiger partial charge in [-0.1, -0.05) is 25.8 Å². The van der Waals surface area contributed by atoms with Gasteiger partial charge in [-0.3, -0.25) is 4.79 Å². The highest BCUT2D eigenvalue weighted by Crippen LogP contribution is 2.40. The van der Waals surface area contributed by atoms with Gasteiger partial charge in [0.1, 0.15) is 11.5 Å². The van der Waals surface area contributed by atoms with Crippen molar-refractivity contribution in [2.75, 3.05) is 25.0 Å². The standard InChI is InChI=1S/C20H29F3N4O/c1-3-4-6-16(19(28)24-2)25-15-10-9-13-11-27(12-14(13)15)18-8-5-7-17(26-18)20(21,22)23/h5,7-8,13-16,25H,3-4,6,9-12H2,1-2H3,(H,24,28)/t13-,14+,15+,16+/m1/s1. The number of carbonyl (C=O) groups is 1. The Hall–Kier alpha value is -1.83. The van der Waals surface area contributed by atoms with Gasteiger partial charge in [0.2, 0.25) is 5.91 Å². The summed E-state index contributed by atoms with van der Waals surface area (Å²) in [6, 6.07) is 4.07. The number of halogens is 3. The molecule has 0 bridgehead atoms. The van der Waals surface area contributed by atoms with Gasteiger partial charge in [-0.05, 0) is 43.2 Å². The third-order valence-electron chi connectivity index (χ3n) is 6.03. The Balaban J connectivity index is 1.67. The molecule has 1 aliphatic heterocycles. The van der Waals surface area contributed by atoms with Crippen LogP contribution in [-0.4, -0.2) is 43.1 Å². The summed E-state index contributed by atoms with van der Waals surface area (Å²) in [7, 11) is 1.65. The molecule has 0 spiro atoms. The summed E-state index contributed by atoms with van der Waals surface area (Å²) < 4.78 is 38.9. The Bertz CT molecular complexity index is 682. The number of pyridine rings is 1. The highest BCUT2D eigenvalue weighted by atomic mass is 19.4. The van der Waals surface area contributed by atoms with E-state index in [-0.39, 0.29) is 18.0 Å². The predicted octanol–water partition coefficient (Wildman–Crippen LogP) is 3.21. The van der Waals surface area contributed by atoms with Crippen LogP contribution in [0.5, 0.6) is 0 Å². The van der Waals surface area contributed by atoms with E-state index < -0.39 is 11.9 Å². The van der Waals surface area contributed by atoms with Crippen molar-refractivity contribution in [1.29, 1.82) is 0 Å². The first-order valence-corrected chi connectivity index (χ1v) is 10.1. The number of amides is 1. The quantitative estimate of drug-likeness (QED) is 0.741. The maximum absolute atomic E-state index is 13.0. The first-order valence-electron chi connectivity index (χ1n) is 10.1. The molecule has 8 heteroatoms. The monoisotopic (exact) mass is 398 g/mol. The summed E-state index contributed by atoms with van der Waals surface area (Å²) in [6.45, 7) is 3.49. The molecule has 1 aliphatic carbocycles. The van der Waals surface area contributed by atoms with Crippen LogP contribution in [0.3, 0.4) is 0 Å². The fourth-order valence-electron chi connectivity index (χ4n) is 4.55. The zero-order valence-corrected chi connectivity index (χ0v) is 16.4. The number of nitrogens with one attached hydrogen (secondary N) is 2. The molecule has 1 amide bonds. The van der Waals surface area contributed by atoms with Gasteiger partial charge in [0.25, 0.3) is 0 Å². The molecular weight excluding hydrogens is 369 g/mol. The maximum Gasteiger partial charge on any atom is 0.433 e. The maximum atomic E-state index is 13.0. The number of fused-ring (bicyclic) bond motifs is 1. The smallest absolute Gasteiger partial charge is 0.358 e. The van der Waals surface area contributed by atoms with Gasteiger partial charge in [0, 0.05) is 26.2 Å². The summed E-state index contributed by atoms with van der Waals surface area (Å²) in [5, 5.41) is 6.28. The second kappa shape index (κ2) is 8.68. The summed E-state index contributed by atoms with van der Waals surface area (Å²) >= 11 is 0. The van der Waals surface area contributed by atoms with Gasteiger partial charge < -0.3 is 15.5 Å². The van der Waals surface area contributed by atoms with E-state index in [0.717, 1.165) is 44.7 Å². The molecule has 2 N–H and O–H groups in total. The number of likely N-dealkylation sites (N-methyl/N-ethyl adjacent to an activating group) is 1. The average Bonchev–Trinajstić information content (AvgIpc) is 3.25. The molecule has 156 valence electrons. The largest absolute Gasteiger partial charge is 0.433 e. The Morgan fingerprint density at radius 3 is 2.79 bits per heavy atom. The summed E-state index contributed by atoms with van der Waals surface area (Å²) in [4.78, 5) is 18.0. The lowest BCUT2D eigenvalue weighted by Crippen LogP contribution is -2.49. The molecular formula is C20H29F3N4O. The molecule has 2 fully saturated rings. The third-order valence-corrected chi connectivity index (χ3v) is 6.03. The Kier molecular flexibility index (Phi) is 6.47. The van der Waals surface area contributed by atoms with Crippen LogP contribution in [-0.2, 0) is 11.0 Å². The predicted molar refractivity (Wildman–Crippen MR) is 102 cm³/mol. The van der Waals surface area contributed by atoms with Crippen LogP contribution in [0.1, 0.15) is 44.7 Å². The lowest BCUT2D eigenvalue weighted by molar-refractivity contribution is -0.141. The van der Waals surface area contributed by atoms with E-state index in [9.17, 15) is 18.0 Å². The number of alkyl halides is 3. The zero-order chi connectivity index (χ0) is 20.3. The van der Waals surface area contributed by atoms with Gasteiger partial charge in [-0.25, -0.2) is 4.98 Å². The van der Waals surface area contributed by atoms with Gasteiger partial charge in [-0.2, -0.15) is 13.2 Å². The first kappa shape index (κ1) is 20.9. The van der Waals surface area contributed by atoms with Gasteiger partial charge in [0.15, 0.2) is 0 Å². The van der Waals surface area contributed by atoms with E-state index in [1.165, 1.54) is 6.07 Å². The minimum Gasteiger partial charge on any atom is -0.358 e. The van der Waals surface area contributed by atoms with Crippen molar-refractivity contribution in [3.8, 4) is 0 Å². The lowest BCUT2D eigenvalue weighted by Gasteiger charge is -2.27. The third kappa shape index (κ3) is 4.59. The van der Waals surface area contributed by atoms with E-state index in [0.29, 0.717) is 24.2 Å². The zero-order valence-electron chi connectivity index (χ0n) is 16.4. The number of aromatic nitrogens is 1. The normalized spacial score (nSPS) is 25.6. The van der Waals surface area contributed by atoms with Gasteiger partial charge in [0.05, 0.1) is 6.04 Å². The molecule has 1 saturated heterocycles. The second-order valence-corrected chi connectivity index (χ2v) is 7.87. The van der Waals surface area contributed by atoms with Crippen LogP contribution >= 0.6 is 0 Å². The molecule has 1 aromatic heterocycles. The Morgan fingerprint density at radius 1 is 1.32 bits per heavy atom. The number of carbonyl (C=O) groups excluding carboxylic acids is 1. The van der Waals surface area contributed by atoms with Crippen LogP contribution < -0.4 is 15.5 Å². The van der Waals surface area contributed by atoms with Crippen LogP contribution in [0.25, 0.3) is 0 Å². The van der Waals surface area contributed by atoms with Crippen molar-refractivity contribution in [2.45, 2.75) is 57.3 Å². The topological polar surface area (TPSA) is 57.3 Å². The van der Waals surface area contributed by atoms with Crippen molar-refractivity contribution in [1.82, 2.24) is 15.6 Å². The van der Waals surface area contributed by atoms with Crippen molar-refractivity contribution in [3.05, 3.63) is 23.9 Å². The van der Waals surface area contributed by atoms with Crippen molar-refractivity contribution < 1.29 is 18.0 Å². The van der Waals surface area contributed by atoms with Crippen molar-refractivity contribution in [2.24, 2.45) is 11.8 Å². The number of anilines is 1. The van der Waals surface area contributed by atoms with Crippen molar-refractivity contribution >= 4 is 11.7 Å².